The molecule has 0 bridgehead atoms. The topological polar surface area (TPSA) is 75.1 Å². The maximum Gasteiger partial charge on any atom is 0.274 e. The third-order valence-electron chi connectivity index (χ3n) is 4.27. The third kappa shape index (κ3) is 3.92. The number of nitrogens with zero attached hydrogens (tertiary/aromatic N) is 6. The molecule has 2 aromatic heterocycles. The van der Waals surface area contributed by atoms with Gasteiger partial charge in [0, 0.05) is 50.1 Å². The van der Waals surface area contributed by atoms with Crippen molar-refractivity contribution in [3.05, 3.63) is 41.4 Å². The average molecular weight is 340 g/mol. The summed E-state index contributed by atoms with van der Waals surface area (Å²) in [5, 5.41) is 0. The molecule has 132 valence electrons. The van der Waals surface area contributed by atoms with Gasteiger partial charge in [0.2, 0.25) is 0 Å². The van der Waals surface area contributed by atoms with E-state index in [1.54, 1.807) is 12.4 Å². The Kier molecular flexibility index (Phi) is 4.92. The van der Waals surface area contributed by atoms with E-state index in [4.69, 9.17) is 0 Å². The Morgan fingerprint density at radius 2 is 1.72 bits per heavy atom. The Balaban J connectivity index is 1.67. The predicted molar refractivity (Wildman–Crippen MR) is 95.7 cm³/mol. The van der Waals surface area contributed by atoms with Gasteiger partial charge < -0.3 is 9.80 Å². The molecule has 0 aliphatic carbocycles. The molecule has 1 amide bonds. The quantitative estimate of drug-likeness (QED) is 0.850. The smallest absolute Gasteiger partial charge is 0.274 e. The first-order chi connectivity index (χ1) is 11.9. The first kappa shape index (κ1) is 17.3. The second kappa shape index (κ2) is 7.13. The fraction of sp³-hybridized carbons (Fsp3) is 0.500. The number of piperazine rings is 1. The standard InChI is InChI=1S/C18H24N6O/c1-12(2)17-21-13(3)9-16(22-17)23-5-7-24(8-6-23)18(25)15-11-19-14(4)10-20-15/h9-12H,5-8H2,1-4H3. The maximum atomic E-state index is 12.5. The lowest BCUT2D eigenvalue weighted by Gasteiger charge is -2.35. The van der Waals surface area contributed by atoms with Gasteiger partial charge in [-0.1, -0.05) is 13.8 Å². The van der Waals surface area contributed by atoms with Gasteiger partial charge in [0.15, 0.2) is 0 Å². The predicted octanol–water partition coefficient (Wildman–Crippen LogP) is 1.97. The van der Waals surface area contributed by atoms with Crippen molar-refractivity contribution in [2.45, 2.75) is 33.6 Å². The number of anilines is 1. The molecule has 0 saturated carbocycles. The van der Waals surface area contributed by atoms with Crippen LogP contribution in [0.4, 0.5) is 5.82 Å². The van der Waals surface area contributed by atoms with Gasteiger partial charge in [-0.25, -0.2) is 15.0 Å². The summed E-state index contributed by atoms with van der Waals surface area (Å²) < 4.78 is 0. The van der Waals surface area contributed by atoms with E-state index in [9.17, 15) is 4.79 Å². The normalized spacial score (nSPS) is 14.9. The molecule has 0 aromatic carbocycles. The van der Waals surface area contributed by atoms with Gasteiger partial charge in [-0.3, -0.25) is 9.78 Å². The van der Waals surface area contributed by atoms with Crippen LogP contribution in [-0.4, -0.2) is 56.9 Å². The first-order valence-electron chi connectivity index (χ1n) is 8.62. The molecule has 0 radical (unpaired) electrons. The molecule has 7 nitrogen and oxygen atoms in total. The Hall–Kier alpha value is -2.57. The van der Waals surface area contributed by atoms with Gasteiger partial charge in [0.1, 0.15) is 17.3 Å². The van der Waals surface area contributed by atoms with Gasteiger partial charge in [0.05, 0.1) is 11.9 Å². The fourth-order valence-corrected chi connectivity index (χ4v) is 2.80. The Bertz CT molecular complexity index is 751. The minimum atomic E-state index is -0.0612. The molecular weight excluding hydrogens is 316 g/mol. The summed E-state index contributed by atoms with van der Waals surface area (Å²) in [6, 6.07) is 2.01. The molecule has 7 heteroatoms. The molecule has 3 heterocycles. The average Bonchev–Trinajstić information content (AvgIpc) is 2.61. The summed E-state index contributed by atoms with van der Waals surface area (Å²) in [5.41, 5.74) is 2.18. The molecule has 0 unspecified atom stereocenters. The van der Waals surface area contributed by atoms with Crippen LogP contribution in [-0.2, 0) is 0 Å². The SMILES string of the molecule is Cc1cnc(C(=O)N2CCN(c3cc(C)nc(C(C)C)n3)CC2)cn1. The zero-order valence-corrected chi connectivity index (χ0v) is 15.2. The van der Waals surface area contributed by atoms with Crippen molar-refractivity contribution in [3.8, 4) is 0 Å². The van der Waals surface area contributed by atoms with Gasteiger partial charge in [-0.2, -0.15) is 0 Å². The Morgan fingerprint density at radius 1 is 1.00 bits per heavy atom. The van der Waals surface area contributed by atoms with E-state index in [1.165, 1.54) is 0 Å². The molecule has 1 saturated heterocycles. The van der Waals surface area contributed by atoms with Crippen molar-refractivity contribution in [2.24, 2.45) is 0 Å². The van der Waals surface area contributed by atoms with Crippen molar-refractivity contribution < 1.29 is 4.79 Å². The molecule has 25 heavy (non-hydrogen) atoms. The molecule has 3 rings (SSSR count). The van der Waals surface area contributed by atoms with E-state index in [1.807, 2.05) is 24.8 Å². The second-order valence-electron chi connectivity index (χ2n) is 6.70. The van der Waals surface area contributed by atoms with E-state index in [0.717, 1.165) is 36.1 Å². The van der Waals surface area contributed by atoms with Crippen molar-refractivity contribution in [1.29, 1.82) is 0 Å². The molecule has 2 aromatic rings. The van der Waals surface area contributed by atoms with Crippen molar-refractivity contribution in [3.63, 3.8) is 0 Å². The summed E-state index contributed by atoms with van der Waals surface area (Å²) in [7, 11) is 0. The zero-order valence-electron chi connectivity index (χ0n) is 15.2. The van der Waals surface area contributed by atoms with Crippen molar-refractivity contribution >= 4 is 11.7 Å². The Morgan fingerprint density at radius 3 is 2.32 bits per heavy atom. The van der Waals surface area contributed by atoms with E-state index in [0.29, 0.717) is 24.7 Å². The van der Waals surface area contributed by atoms with E-state index < -0.39 is 0 Å². The highest BCUT2D eigenvalue weighted by atomic mass is 16.2. The molecule has 0 atom stereocenters. The highest BCUT2D eigenvalue weighted by Crippen LogP contribution is 2.19. The number of aromatic nitrogens is 4. The van der Waals surface area contributed by atoms with Crippen molar-refractivity contribution in [1.82, 2.24) is 24.8 Å². The van der Waals surface area contributed by atoms with Crippen LogP contribution in [0.2, 0.25) is 0 Å². The lowest BCUT2D eigenvalue weighted by Crippen LogP contribution is -2.49. The molecule has 0 N–H and O–H groups in total. The highest BCUT2D eigenvalue weighted by molar-refractivity contribution is 5.92. The van der Waals surface area contributed by atoms with Crippen LogP contribution in [0.15, 0.2) is 18.5 Å². The van der Waals surface area contributed by atoms with Crippen LogP contribution < -0.4 is 4.90 Å². The summed E-state index contributed by atoms with van der Waals surface area (Å²) >= 11 is 0. The Labute approximate surface area is 148 Å². The summed E-state index contributed by atoms with van der Waals surface area (Å²) in [5.74, 6) is 2.04. The number of rotatable bonds is 3. The second-order valence-corrected chi connectivity index (χ2v) is 6.70. The number of carbonyl (C=O) groups is 1. The number of hydrogen-bond acceptors (Lipinski definition) is 6. The van der Waals surface area contributed by atoms with Gasteiger partial charge in [-0.05, 0) is 13.8 Å². The minimum absolute atomic E-state index is 0.0612. The van der Waals surface area contributed by atoms with Crippen molar-refractivity contribution in [2.75, 3.05) is 31.1 Å². The van der Waals surface area contributed by atoms with Gasteiger partial charge in [0.25, 0.3) is 5.91 Å². The van der Waals surface area contributed by atoms with Gasteiger partial charge >= 0.3 is 0 Å². The number of hydrogen-bond donors (Lipinski definition) is 0. The van der Waals surface area contributed by atoms with Crippen LogP contribution in [0.25, 0.3) is 0 Å². The lowest BCUT2D eigenvalue weighted by molar-refractivity contribution is 0.0740. The number of aryl methyl sites for hydroxylation is 2. The molecular formula is C18H24N6O. The summed E-state index contributed by atoms with van der Waals surface area (Å²) in [4.78, 5) is 34.1. The van der Waals surface area contributed by atoms with Crippen LogP contribution in [0.5, 0.6) is 0 Å². The van der Waals surface area contributed by atoms with Crippen LogP contribution >= 0.6 is 0 Å². The monoisotopic (exact) mass is 340 g/mol. The molecule has 1 fully saturated rings. The first-order valence-corrected chi connectivity index (χ1v) is 8.62. The highest BCUT2D eigenvalue weighted by Gasteiger charge is 2.24. The van der Waals surface area contributed by atoms with E-state index in [2.05, 4.69) is 38.7 Å². The number of amides is 1. The minimum Gasteiger partial charge on any atom is -0.353 e. The molecule has 1 aliphatic heterocycles. The summed E-state index contributed by atoms with van der Waals surface area (Å²) in [6.45, 7) is 10.8. The third-order valence-corrected chi connectivity index (χ3v) is 4.27. The number of carbonyl (C=O) groups excluding carboxylic acids is 1. The zero-order chi connectivity index (χ0) is 18.0. The van der Waals surface area contributed by atoms with E-state index in [-0.39, 0.29) is 5.91 Å². The summed E-state index contributed by atoms with van der Waals surface area (Å²) in [6.07, 6.45) is 3.17. The fourth-order valence-electron chi connectivity index (χ4n) is 2.80. The van der Waals surface area contributed by atoms with Crippen LogP contribution in [0.1, 0.15) is 47.5 Å². The largest absolute Gasteiger partial charge is 0.353 e. The van der Waals surface area contributed by atoms with E-state index >= 15 is 0 Å². The molecule has 1 aliphatic rings. The van der Waals surface area contributed by atoms with Crippen LogP contribution in [0.3, 0.4) is 0 Å². The maximum absolute atomic E-state index is 12.5. The molecule has 0 spiro atoms. The van der Waals surface area contributed by atoms with Crippen LogP contribution in [0, 0.1) is 13.8 Å². The van der Waals surface area contributed by atoms with Gasteiger partial charge in [-0.15, -0.1) is 0 Å². The lowest BCUT2D eigenvalue weighted by atomic mass is 10.2.